The largest absolute Gasteiger partial charge is 0.486 e. The molecule has 0 unspecified atom stereocenters. The van der Waals surface area contributed by atoms with Gasteiger partial charge in [-0.15, -0.1) is 0 Å². The molecule has 0 radical (unpaired) electrons. The highest BCUT2D eigenvalue weighted by Crippen LogP contribution is 2.41. The molecule has 3 rings (SSSR count). The average molecular weight is 343 g/mol. The Balaban J connectivity index is 2.11. The fraction of sp³-hybridized carbons (Fsp3) is 0.167. The molecule has 0 saturated carbocycles. The Morgan fingerprint density at radius 1 is 1.23 bits per heavy atom. The number of hydrogen-bond donors (Lipinski definition) is 2. The minimum atomic E-state index is -4.05. The number of aromatic nitrogens is 2. The Kier molecular flexibility index (Phi) is 3.77. The molecule has 0 bridgehead atoms. The lowest BCUT2D eigenvalue weighted by Crippen LogP contribution is -2.21. The van der Waals surface area contributed by atoms with Crippen LogP contribution in [0.2, 0.25) is 5.28 Å². The van der Waals surface area contributed by atoms with Crippen LogP contribution in [0.4, 0.5) is 11.5 Å². The number of nitrogens with zero attached hydrogens (tertiary/aromatic N) is 2. The standard InChI is InChI=1S/C12H11ClN4O4S/c13-12-15-4-3-9(17-12)16-7-1-2-8-10(21-6-5-20-8)11(7)22(14,18)19/h1-4H,5-6H2,(H2,14,18,19)(H,15,16,17). The highest BCUT2D eigenvalue weighted by Gasteiger charge is 2.27. The molecule has 1 aromatic heterocycles. The predicted molar refractivity (Wildman–Crippen MR) is 79.1 cm³/mol. The summed E-state index contributed by atoms with van der Waals surface area (Å²) in [6.07, 6.45) is 1.44. The molecule has 1 aliphatic rings. The van der Waals surface area contributed by atoms with Gasteiger partial charge in [0.15, 0.2) is 16.4 Å². The Bertz CT molecular complexity index is 828. The molecular weight excluding hydrogens is 332 g/mol. The summed E-state index contributed by atoms with van der Waals surface area (Å²) < 4.78 is 34.6. The SMILES string of the molecule is NS(=O)(=O)c1c(Nc2ccnc(Cl)n2)ccc2c1OCCO2. The lowest BCUT2D eigenvalue weighted by molar-refractivity contribution is 0.167. The molecule has 0 spiro atoms. The number of hydrogen-bond acceptors (Lipinski definition) is 7. The number of sulfonamides is 1. The molecule has 8 nitrogen and oxygen atoms in total. The monoisotopic (exact) mass is 342 g/mol. The maximum absolute atomic E-state index is 11.9. The van der Waals surface area contributed by atoms with Crippen LogP contribution < -0.4 is 19.9 Å². The van der Waals surface area contributed by atoms with Crippen molar-refractivity contribution in [3.63, 3.8) is 0 Å². The Morgan fingerprint density at radius 3 is 2.73 bits per heavy atom. The van der Waals surface area contributed by atoms with Crippen molar-refractivity contribution in [2.45, 2.75) is 4.90 Å². The first kappa shape index (κ1) is 14.8. The molecule has 0 atom stereocenters. The molecule has 0 amide bonds. The first-order chi connectivity index (χ1) is 10.4. The van der Waals surface area contributed by atoms with Gasteiger partial charge in [-0.05, 0) is 29.8 Å². The molecule has 116 valence electrons. The van der Waals surface area contributed by atoms with Crippen molar-refractivity contribution < 1.29 is 17.9 Å². The molecule has 22 heavy (non-hydrogen) atoms. The van der Waals surface area contributed by atoms with Crippen LogP contribution in [0.5, 0.6) is 11.5 Å². The van der Waals surface area contributed by atoms with Crippen LogP contribution in [0.1, 0.15) is 0 Å². The van der Waals surface area contributed by atoms with E-state index in [0.29, 0.717) is 18.2 Å². The first-order valence-corrected chi connectivity index (χ1v) is 8.08. The number of fused-ring (bicyclic) bond motifs is 1. The average Bonchev–Trinajstić information content (AvgIpc) is 2.45. The fourth-order valence-electron chi connectivity index (χ4n) is 2.01. The number of anilines is 2. The number of benzene rings is 1. The zero-order valence-electron chi connectivity index (χ0n) is 11.1. The van der Waals surface area contributed by atoms with Crippen molar-refractivity contribution in [1.82, 2.24) is 9.97 Å². The van der Waals surface area contributed by atoms with E-state index in [9.17, 15) is 8.42 Å². The Morgan fingerprint density at radius 2 is 2.00 bits per heavy atom. The van der Waals surface area contributed by atoms with E-state index >= 15 is 0 Å². The normalized spacial score (nSPS) is 13.7. The van der Waals surface area contributed by atoms with Crippen LogP contribution in [-0.4, -0.2) is 31.6 Å². The third-order valence-electron chi connectivity index (χ3n) is 2.84. The summed E-state index contributed by atoms with van der Waals surface area (Å²) in [4.78, 5) is 7.49. The lowest BCUT2D eigenvalue weighted by Gasteiger charge is -2.22. The van der Waals surface area contributed by atoms with Crippen molar-refractivity contribution >= 4 is 33.1 Å². The van der Waals surface area contributed by atoms with E-state index in [2.05, 4.69) is 15.3 Å². The van der Waals surface area contributed by atoms with E-state index in [0.717, 1.165) is 0 Å². The Hall–Kier alpha value is -2.10. The maximum atomic E-state index is 11.9. The van der Waals surface area contributed by atoms with Gasteiger partial charge in [-0.1, -0.05) is 0 Å². The molecule has 2 heterocycles. The zero-order chi connectivity index (χ0) is 15.7. The van der Waals surface area contributed by atoms with Crippen LogP contribution in [-0.2, 0) is 10.0 Å². The summed E-state index contributed by atoms with van der Waals surface area (Å²) in [7, 11) is -4.05. The van der Waals surface area contributed by atoms with Gasteiger partial charge >= 0.3 is 0 Å². The van der Waals surface area contributed by atoms with E-state index in [-0.39, 0.29) is 28.2 Å². The molecule has 3 N–H and O–H groups in total. The molecule has 0 fully saturated rings. The topological polar surface area (TPSA) is 116 Å². The summed E-state index contributed by atoms with van der Waals surface area (Å²) in [5, 5.41) is 8.17. The molecule has 10 heteroatoms. The first-order valence-electron chi connectivity index (χ1n) is 6.16. The zero-order valence-corrected chi connectivity index (χ0v) is 12.7. The van der Waals surface area contributed by atoms with Gasteiger partial charge in [0.05, 0.1) is 5.69 Å². The van der Waals surface area contributed by atoms with Crippen molar-refractivity contribution in [3.8, 4) is 11.5 Å². The number of nitrogens with two attached hydrogens (primary N) is 1. The summed E-state index contributed by atoms with van der Waals surface area (Å²) in [5.74, 6) is 0.724. The maximum Gasteiger partial charge on any atom is 0.243 e. The molecular formula is C12H11ClN4O4S. The van der Waals surface area contributed by atoms with Crippen molar-refractivity contribution in [1.29, 1.82) is 0 Å². The number of nitrogens with one attached hydrogen (secondary N) is 1. The summed E-state index contributed by atoms with van der Waals surface area (Å²) in [6, 6.07) is 4.65. The second kappa shape index (κ2) is 5.59. The molecule has 1 aromatic carbocycles. The van der Waals surface area contributed by atoms with E-state index in [1.165, 1.54) is 18.3 Å². The minimum absolute atomic E-state index is 0.0275. The Labute approximate surface area is 131 Å². The van der Waals surface area contributed by atoms with Gasteiger partial charge in [0.2, 0.25) is 15.3 Å². The third-order valence-corrected chi connectivity index (χ3v) is 3.99. The molecule has 2 aromatic rings. The van der Waals surface area contributed by atoms with Crippen LogP contribution in [0.25, 0.3) is 0 Å². The van der Waals surface area contributed by atoms with Crippen LogP contribution in [0.3, 0.4) is 0 Å². The van der Waals surface area contributed by atoms with Crippen LogP contribution in [0, 0.1) is 0 Å². The predicted octanol–water partition coefficient (Wildman–Crippen LogP) is 1.29. The highest BCUT2D eigenvalue weighted by molar-refractivity contribution is 7.89. The van der Waals surface area contributed by atoms with Crippen molar-refractivity contribution in [3.05, 3.63) is 29.7 Å². The van der Waals surface area contributed by atoms with E-state index in [1.807, 2.05) is 0 Å². The van der Waals surface area contributed by atoms with Gasteiger partial charge in [-0.25, -0.2) is 23.5 Å². The smallest absolute Gasteiger partial charge is 0.243 e. The van der Waals surface area contributed by atoms with Gasteiger partial charge in [-0.3, -0.25) is 0 Å². The molecule has 0 aliphatic carbocycles. The van der Waals surface area contributed by atoms with Gasteiger partial charge in [-0.2, -0.15) is 0 Å². The lowest BCUT2D eigenvalue weighted by atomic mass is 10.2. The van der Waals surface area contributed by atoms with E-state index in [1.54, 1.807) is 6.07 Å². The van der Waals surface area contributed by atoms with Gasteiger partial charge in [0.1, 0.15) is 19.0 Å². The number of primary sulfonamides is 1. The number of rotatable bonds is 3. The fourth-order valence-corrected chi connectivity index (χ4v) is 3.00. The van der Waals surface area contributed by atoms with Crippen LogP contribution >= 0.6 is 11.6 Å². The third kappa shape index (κ3) is 2.91. The second-order valence-electron chi connectivity index (χ2n) is 4.35. The van der Waals surface area contributed by atoms with E-state index < -0.39 is 10.0 Å². The quantitative estimate of drug-likeness (QED) is 0.807. The summed E-state index contributed by atoms with van der Waals surface area (Å²) >= 11 is 5.71. The minimum Gasteiger partial charge on any atom is -0.486 e. The van der Waals surface area contributed by atoms with Gasteiger partial charge < -0.3 is 14.8 Å². The summed E-state index contributed by atoms with van der Waals surface area (Å²) in [5.41, 5.74) is 0.210. The second-order valence-corrected chi connectivity index (χ2v) is 6.18. The van der Waals surface area contributed by atoms with Crippen molar-refractivity contribution in [2.75, 3.05) is 18.5 Å². The highest BCUT2D eigenvalue weighted by atomic mass is 35.5. The van der Waals surface area contributed by atoms with Crippen molar-refractivity contribution in [2.24, 2.45) is 5.14 Å². The van der Waals surface area contributed by atoms with Crippen LogP contribution in [0.15, 0.2) is 29.3 Å². The molecule has 1 aliphatic heterocycles. The molecule has 0 saturated heterocycles. The van der Waals surface area contributed by atoms with E-state index in [4.69, 9.17) is 26.2 Å². The van der Waals surface area contributed by atoms with Gasteiger partial charge in [0.25, 0.3) is 0 Å². The van der Waals surface area contributed by atoms with Gasteiger partial charge in [0, 0.05) is 6.20 Å². The number of halogens is 1. The summed E-state index contributed by atoms with van der Waals surface area (Å²) in [6.45, 7) is 0.573. The number of ether oxygens (including phenoxy) is 2.